The molecule has 0 aromatic carbocycles. The second-order valence-corrected chi connectivity index (χ2v) is 3.69. The smallest absolute Gasteiger partial charge is 0.192 e. The predicted molar refractivity (Wildman–Crippen MR) is 85.2 cm³/mol. The highest BCUT2D eigenvalue weighted by Crippen LogP contribution is 2.14. The first kappa shape index (κ1) is 16.8. The Morgan fingerprint density at radius 3 is 2.67 bits per heavy atom. The molecule has 2 N–H and O–H groups in total. The van der Waals surface area contributed by atoms with Crippen LogP contribution in [0.15, 0.2) is 15.5 Å². The summed E-state index contributed by atoms with van der Waals surface area (Å²) in [6.45, 7) is 7.75. The van der Waals surface area contributed by atoms with E-state index in [1.165, 1.54) is 0 Å². The van der Waals surface area contributed by atoms with Gasteiger partial charge in [0.1, 0.15) is 11.5 Å². The van der Waals surface area contributed by atoms with Crippen molar-refractivity contribution in [3.8, 4) is 12.3 Å². The van der Waals surface area contributed by atoms with Crippen LogP contribution in [0.5, 0.6) is 0 Å². The number of halogens is 1. The fraction of sp³-hybridized carbons (Fsp3) is 0.462. The van der Waals surface area contributed by atoms with Crippen molar-refractivity contribution in [3.05, 3.63) is 23.2 Å². The second-order valence-electron chi connectivity index (χ2n) is 3.69. The number of nitrogens with zero attached hydrogens (tertiary/aromatic N) is 1. The van der Waals surface area contributed by atoms with Crippen LogP contribution in [0.2, 0.25) is 0 Å². The molecule has 0 fully saturated rings. The van der Waals surface area contributed by atoms with Gasteiger partial charge >= 0.3 is 0 Å². The first-order chi connectivity index (χ1) is 8.17. The van der Waals surface area contributed by atoms with Crippen molar-refractivity contribution in [2.45, 2.75) is 27.3 Å². The number of furan rings is 1. The molecule has 100 valence electrons. The Labute approximate surface area is 126 Å². The van der Waals surface area contributed by atoms with Gasteiger partial charge in [-0.05, 0) is 26.8 Å². The zero-order valence-electron chi connectivity index (χ0n) is 11.0. The van der Waals surface area contributed by atoms with Crippen LogP contribution in [-0.4, -0.2) is 19.0 Å². The average molecular weight is 361 g/mol. The van der Waals surface area contributed by atoms with E-state index < -0.39 is 0 Å². The third-order valence-electron chi connectivity index (χ3n) is 2.25. The van der Waals surface area contributed by atoms with Crippen LogP contribution >= 0.6 is 24.0 Å². The third kappa shape index (κ3) is 5.45. The molecule has 1 rings (SSSR count). The SMILES string of the molecule is C#CCNC(=NCc1cc(C)oc1C)NCC.I. The van der Waals surface area contributed by atoms with Gasteiger partial charge in [0, 0.05) is 12.1 Å². The minimum Gasteiger partial charge on any atom is -0.466 e. The largest absolute Gasteiger partial charge is 0.466 e. The van der Waals surface area contributed by atoms with Gasteiger partial charge in [-0.1, -0.05) is 5.92 Å². The highest BCUT2D eigenvalue weighted by molar-refractivity contribution is 14.0. The Bertz CT molecular complexity index is 432. The van der Waals surface area contributed by atoms with Crippen molar-refractivity contribution < 1.29 is 4.42 Å². The number of rotatable bonds is 4. The lowest BCUT2D eigenvalue weighted by Gasteiger charge is -2.08. The number of aliphatic imine (C=N–C) groups is 1. The molecule has 4 nitrogen and oxygen atoms in total. The van der Waals surface area contributed by atoms with Crippen LogP contribution in [0.1, 0.15) is 24.0 Å². The molecule has 5 heteroatoms. The van der Waals surface area contributed by atoms with Crippen LogP contribution in [0.3, 0.4) is 0 Å². The maximum Gasteiger partial charge on any atom is 0.192 e. The molecule has 0 saturated carbocycles. The van der Waals surface area contributed by atoms with Crippen molar-refractivity contribution in [1.29, 1.82) is 0 Å². The number of nitrogens with one attached hydrogen (secondary N) is 2. The van der Waals surface area contributed by atoms with E-state index in [2.05, 4.69) is 21.5 Å². The maximum atomic E-state index is 5.45. The van der Waals surface area contributed by atoms with E-state index in [-0.39, 0.29) is 24.0 Å². The minimum absolute atomic E-state index is 0. The van der Waals surface area contributed by atoms with Crippen LogP contribution in [0.25, 0.3) is 0 Å². The molecular weight excluding hydrogens is 341 g/mol. The van der Waals surface area contributed by atoms with Gasteiger partial charge in [-0.2, -0.15) is 0 Å². The van der Waals surface area contributed by atoms with E-state index in [1.54, 1.807) is 0 Å². The van der Waals surface area contributed by atoms with Gasteiger partial charge in [0.15, 0.2) is 5.96 Å². The predicted octanol–water partition coefficient (Wildman–Crippen LogP) is 2.20. The topological polar surface area (TPSA) is 49.6 Å². The van der Waals surface area contributed by atoms with Crippen molar-refractivity contribution in [2.24, 2.45) is 4.99 Å². The van der Waals surface area contributed by atoms with Crippen LogP contribution < -0.4 is 10.6 Å². The summed E-state index contributed by atoms with van der Waals surface area (Å²) < 4.78 is 5.45. The van der Waals surface area contributed by atoms with Crippen molar-refractivity contribution in [1.82, 2.24) is 10.6 Å². The van der Waals surface area contributed by atoms with Gasteiger partial charge in [0.2, 0.25) is 0 Å². The lowest BCUT2D eigenvalue weighted by molar-refractivity contribution is 0.501. The molecule has 0 saturated heterocycles. The molecule has 1 aromatic rings. The van der Waals surface area contributed by atoms with E-state index in [1.807, 2.05) is 26.8 Å². The summed E-state index contributed by atoms with van der Waals surface area (Å²) in [4.78, 5) is 4.43. The first-order valence-corrected chi connectivity index (χ1v) is 5.69. The van der Waals surface area contributed by atoms with Crippen LogP contribution in [0, 0.1) is 26.2 Å². The minimum atomic E-state index is 0. The van der Waals surface area contributed by atoms with Crippen molar-refractivity contribution >= 4 is 29.9 Å². The molecule has 18 heavy (non-hydrogen) atoms. The molecule has 1 heterocycles. The normalized spacial score (nSPS) is 10.4. The fourth-order valence-electron chi connectivity index (χ4n) is 1.48. The van der Waals surface area contributed by atoms with Gasteiger partial charge in [-0.3, -0.25) is 0 Å². The number of hydrogen-bond donors (Lipinski definition) is 2. The van der Waals surface area contributed by atoms with Gasteiger partial charge < -0.3 is 15.1 Å². The molecule has 0 bridgehead atoms. The highest BCUT2D eigenvalue weighted by atomic mass is 127. The Morgan fingerprint density at radius 2 is 2.17 bits per heavy atom. The molecule has 0 spiro atoms. The molecule has 0 unspecified atom stereocenters. The Morgan fingerprint density at radius 1 is 1.44 bits per heavy atom. The Kier molecular flexibility index (Phi) is 8.29. The fourth-order valence-corrected chi connectivity index (χ4v) is 1.48. The van der Waals surface area contributed by atoms with Crippen molar-refractivity contribution in [2.75, 3.05) is 13.1 Å². The molecule has 0 amide bonds. The van der Waals surface area contributed by atoms with E-state index in [0.717, 1.165) is 29.6 Å². The maximum absolute atomic E-state index is 5.45. The number of guanidine groups is 1. The summed E-state index contributed by atoms with van der Waals surface area (Å²) in [6.07, 6.45) is 5.20. The summed E-state index contributed by atoms with van der Waals surface area (Å²) >= 11 is 0. The standard InChI is InChI=1S/C13H19N3O.HI/c1-5-7-15-13(14-6-2)16-9-12-8-10(3)17-11(12)4;/h1,8H,6-7,9H2,2-4H3,(H2,14,15,16);1H. The zero-order chi connectivity index (χ0) is 12.7. The van der Waals surface area contributed by atoms with Gasteiger partial charge in [-0.15, -0.1) is 30.4 Å². The summed E-state index contributed by atoms with van der Waals surface area (Å²) in [5.41, 5.74) is 1.10. The number of aryl methyl sites for hydroxylation is 2. The summed E-state index contributed by atoms with van der Waals surface area (Å²) in [7, 11) is 0. The third-order valence-corrected chi connectivity index (χ3v) is 2.25. The number of terminal acetylenes is 1. The molecule has 0 radical (unpaired) electrons. The Balaban J connectivity index is 0.00000289. The highest BCUT2D eigenvalue weighted by Gasteiger charge is 2.04. The zero-order valence-corrected chi connectivity index (χ0v) is 13.4. The van der Waals surface area contributed by atoms with E-state index in [9.17, 15) is 0 Å². The monoisotopic (exact) mass is 361 g/mol. The second kappa shape index (κ2) is 8.86. The van der Waals surface area contributed by atoms with Crippen LogP contribution in [-0.2, 0) is 6.54 Å². The molecule has 0 aliphatic heterocycles. The number of hydrogen-bond acceptors (Lipinski definition) is 2. The first-order valence-electron chi connectivity index (χ1n) is 5.69. The van der Waals surface area contributed by atoms with Crippen LogP contribution in [0.4, 0.5) is 0 Å². The summed E-state index contributed by atoms with van der Waals surface area (Å²) in [5, 5.41) is 6.17. The van der Waals surface area contributed by atoms with Gasteiger partial charge in [-0.25, -0.2) is 4.99 Å². The lowest BCUT2D eigenvalue weighted by atomic mass is 10.2. The molecule has 0 atom stereocenters. The van der Waals surface area contributed by atoms with E-state index in [4.69, 9.17) is 10.8 Å². The quantitative estimate of drug-likeness (QED) is 0.374. The molecule has 0 aliphatic carbocycles. The molecule has 1 aromatic heterocycles. The average Bonchev–Trinajstić information content (AvgIpc) is 2.61. The molecule has 0 aliphatic rings. The summed E-state index contributed by atoms with van der Waals surface area (Å²) in [6, 6.07) is 2.00. The van der Waals surface area contributed by atoms with E-state index in [0.29, 0.717) is 13.1 Å². The van der Waals surface area contributed by atoms with Gasteiger partial charge in [0.25, 0.3) is 0 Å². The van der Waals surface area contributed by atoms with Gasteiger partial charge in [0.05, 0.1) is 13.1 Å². The lowest BCUT2D eigenvalue weighted by Crippen LogP contribution is -2.37. The Hall–Kier alpha value is -1.16. The molecular formula is C13H20IN3O. The summed E-state index contributed by atoms with van der Waals surface area (Å²) in [5.74, 6) is 5.07. The van der Waals surface area contributed by atoms with E-state index >= 15 is 0 Å². The van der Waals surface area contributed by atoms with Crippen molar-refractivity contribution in [3.63, 3.8) is 0 Å².